The average Bonchev–Trinajstić information content (AvgIpc) is 3.35. The van der Waals surface area contributed by atoms with Crippen molar-refractivity contribution in [2.75, 3.05) is 0 Å². The summed E-state index contributed by atoms with van der Waals surface area (Å²) >= 11 is 0. The summed E-state index contributed by atoms with van der Waals surface area (Å²) in [5.74, 6) is 7.80. The first-order valence-corrected chi connectivity index (χ1v) is 9.17. The number of benzene rings is 2. The van der Waals surface area contributed by atoms with E-state index in [-0.39, 0.29) is 12.1 Å². The molecule has 0 saturated heterocycles. The molecule has 2 heterocycles. The summed E-state index contributed by atoms with van der Waals surface area (Å²) in [7, 11) is 0. The summed E-state index contributed by atoms with van der Waals surface area (Å²) < 4.78 is 0. The Morgan fingerprint density at radius 2 is 1.50 bits per heavy atom. The van der Waals surface area contributed by atoms with E-state index in [1.54, 1.807) is 6.20 Å². The van der Waals surface area contributed by atoms with E-state index in [0.29, 0.717) is 0 Å². The minimum atomic E-state index is -0.135. The molecule has 0 fully saturated rings. The van der Waals surface area contributed by atoms with Crippen molar-refractivity contribution in [2.24, 2.45) is 11.5 Å². The maximum atomic E-state index is 5.88. The van der Waals surface area contributed by atoms with E-state index in [9.17, 15) is 0 Å². The predicted octanol–water partition coefficient (Wildman–Crippen LogP) is 3.39. The lowest BCUT2D eigenvalue weighted by Gasteiger charge is -2.03. The van der Waals surface area contributed by atoms with Crippen LogP contribution in [0.25, 0.3) is 22.0 Å². The molecule has 0 amide bonds. The Morgan fingerprint density at radius 1 is 0.821 bits per heavy atom. The van der Waals surface area contributed by atoms with Gasteiger partial charge in [0.25, 0.3) is 0 Å². The highest BCUT2D eigenvalue weighted by Gasteiger charge is 2.07. The lowest BCUT2D eigenvalue weighted by molar-refractivity contribution is 0.755. The van der Waals surface area contributed by atoms with Gasteiger partial charge in [-0.2, -0.15) is 0 Å². The fourth-order valence-corrected chi connectivity index (χ4v) is 2.98. The van der Waals surface area contributed by atoms with Crippen LogP contribution >= 0.6 is 0 Å². The molecular formula is C22H22N6. The van der Waals surface area contributed by atoms with Crippen LogP contribution in [0.15, 0.2) is 48.8 Å². The van der Waals surface area contributed by atoms with Gasteiger partial charge in [-0.3, -0.25) is 0 Å². The van der Waals surface area contributed by atoms with Crippen molar-refractivity contribution < 1.29 is 0 Å². The Hall–Kier alpha value is -3.40. The summed E-state index contributed by atoms with van der Waals surface area (Å²) in [5.41, 5.74) is 15.4. The summed E-state index contributed by atoms with van der Waals surface area (Å²) in [6, 6.07) is 12.2. The number of nitrogens with zero attached hydrogens (tertiary/aromatic N) is 2. The molecule has 0 aliphatic heterocycles. The third-order valence-electron chi connectivity index (χ3n) is 4.55. The molecule has 6 nitrogen and oxygen atoms in total. The predicted molar refractivity (Wildman–Crippen MR) is 111 cm³/mol. The van der Waals surface area contributed by atoms with Crippen LogP contribution in [0.4, 0.5) is 0 Å². The third-order valence-corrected chi connectivity index (χ3v) is 4.55. The van der Waals surface area contributed by atoms with Crippen molar-refractivity contribution in [3.8, 4) is 23.1 Å². The van der Waals surface area contributed by atoms with Crippen LogP contribution < -0.4 is 11.5 Å². The van der Waals surface area contributed by atoms with E-state index in [1.807, 2.05) is 26.1 Å². The van der Waals surface area contributed by atoms with Gasteiger partial charge in [0.2, 0.25) is 0 Å². The largest absolute Gasteiger partial charge is 0.341 e. The number of imidazole rings is 2. The highest BCUT2D eigenvalue weighted by atomic mass is 15.0. The van der Waals surface area contributed by atoms with Gasteiger partial charge < -0.3 is 21.4 Å². The zero-order valence-electron chi connectivity index (χ0n) is 15.8. The highest BCUT2D eigenvalue weighted by Crippen LogP contribution is 2.24. The van der Waals surface area contributed by atoms with Gasteiger partial charge in [-0.05, 0) is 48.7 Å². The summed E-state index contributed by atoms with van der Waals surface area (Å²) in [4.78, 5) is 15.0. The second-order valence-electron chi connectivity index (χ2n) is 6.97. The summed E-state index contributed by atoms with van der Waals surface area (Å²) in [5, 5.41) is 2.27. The van der Waals surface area contributed by atoms with Crippen LogP contribution in [0.5, 0.6) is 0 Å². The molecule has 4 rings (SSSR count). The van der Waals surface area contributed by atoms with Crippen molar-refractivity contribution in [3.05, 3.63) is 71.7 Å². The number of rotatable bonds is 3. The van der Waals surface area contributed by atoms with Gasteiger partial charge in [0.1, 0.15) is 17.3 Å². The van der Waals surface area contributed by atoms with Gasteiger partial charge in [-0.25, -0.2) is 9.97 Å². The van der Waals surface area contributed by atoms with Crippen LogP contribution in [0.2, 0.25) is 0 Å². The number of nitrogens with one attached hydrogen (secondary N) is 2. The first-order valence-electron chi connectivity index (χ1n) is 9.17. The van der Waals surface area contributed by atoms with Crippen molar-refractivity contribution >= 4 is 10.8 Å². The molecule has 0 bridgehead atoms. The number of aromatic amines is 2. The minimum absolute atomic E-state index is 0.116. The van der Waals surface area contributed by atoms with Gasteiger partial charge in [-0.15, -0.1) is 0 Å². The standard InChI is InChI=1S/C22H22N6/c1-13(23)21-25-11-19(27-21)8-4-15-3-5-17-10-18(7-6-16(17)9-15)20-12-26-22(28-20)14(2)24/h3,5-7,9-14H,23-24H2,1-2H3,(H,25,27)(H,26,28)/t13-,14-/m0/s1. The first kappa shape index (κ1) is 18.0. The van der Waals surface area contributed by atoms with Crippen LogP contribution in [-0.4, -0.2) is 19.9 Å². The van der Waals surface area contributed by atoms with Gasteiger partial charge in [0.05, 0.1) is 30.2 Å². The Morgan fingerprint density at radius 3 is 2.21 bits per heavy atom. The van der Waals surface area contributed by atoms with Crippen LogP contribution in [-0.2, 0) is 0 Å². The molecule has 2 aromatic carbocycles. The number of fused-ring (bicyclic) bond motifs is 1. The van der Waals surface area contributed by atoms with Crippen molar-refractivity contribution in [3.63, 3.8) is 0 Å². The molecule has 0 aliphatic rings. The zero-order valence-corrected chi connectivity index (χ0v) is 15.8. The van der Waals surface area contributed by atoms with E-state index in [1.165, 1.54) is 0 Å². The molecule has 0 unspecified atom stereocenters. The normalized spacial score (nSPS) is 13.1. The Bertz CT molecular complexity index is 1190. The van der Waals surface area contributed by atoms with Crippen LogP contribution in [0.3, 0.4) is 0 Å². The lowest BCUT2D eigenvalue weighted by atomic mass is 10.0. The smallest absolute Gasteiger partial charge is 0.123 e. The fourth-order valence-electron chi connectivity index (χ4n) is 2.98. The number of hydrogen-bond acceptors (Lipinski definition) is 4. The Labute approximate surface area is 163 Å². The van der Waals surface area contributed by atoms with Crippen molar-refractivity contribution in [2.45, 2.75) is 25.9 Å². The first-order chi connectivity index (χ1) is 13.5. The van der Waals surface area contributed by atoms with E-state index in [2.05, 4.69) is 62.1 Å². The Balaban J connectivity index is 1.60. The molecule has 28 heavy (non-hydrogen) atoms. The second kappa shape index (κ2) is 7.31. The quantitative estimate of drug-likeness (QED) is 0.414. The van der Waals surface area contributed by atoms with E-state index < -0.39 is 0 Å². The number of hydrogen-bond donors (Lipinski definition) is 4. The molecule has 0 radical (unpaired) electrons. The van der Waals surface area contributed by atoms with E-state index in [4.69, 9.17) is 11.5 Å². The van der Waals surface area contributed by atoms with Crippen LogP contribution in [0, 0.1) is 11.8 Å². The maximum absolute atomic E-state index is 5.88. The SMILES string of the molecule is C[C@H](N)c1ncc(C#Cc2ccc3cc(-c4cnc([C@H](C)N)[nH]4)ccc3c2)[nH]1. The monoisotopic (exact) mass is 370 g/mol. The molecule has 0 aliphatic carbocycles. The van der Waals surface area contributed by atoms with Crippen molar-refractivity contribution in [1.82, 2.24) is 19.9 Å². The second-order valence-corrected chi connectivity index (χ2v) is 6.97. The molecule has 0 saturated carbocycles. The minimum Gasteiger partial charge on any atom is -0.341 e. The number of aromatic nitrogens is 4. The number of nitrogens with two attached hydrogens (primary N) is 2. The molecule has 4 aromatic rings. The lowest BCUT2D eigenvalue weighted by Crippen LogP contribution is -2.06. The van der Waals surface area contributed by atoms with Crippen LogP contribution in [0.1, 0.15) is 48.8 Å². The molecule has 6 N–H and O–H groups in total. The fraction of sp³-hybridized carbons (Fsp3) is 0.182. The van der Waals surface area contributed by atoms with Crippen molar-refractivity contribution in [1.29, 1.82) is 0 Å². The number of H-pyrrole nitrogens is 2. The van der Waals surface area contributed by atoms with Gasteiger partial charge in [0.15, 0.2) is 0 Å². The molecule has 2 aromatic heterocycles. The molecule has 2 atom stereocenters. The zero-order chi connectivity index (χ0) is 19.7. The Kier molecular flexibility index (Phi) is 4.70. The highest BCUT2D eigenvalue weighted by molar-refractivity contribution is 5.88. The average molecular weight is 370 g/mol. The summed E-state index contributed by atoms with van der Waals surface area (Å²) in [6.07, 6.45) is 3.53. The maximum Gasteiger partial charge on any atom is 0.123 e. The van der Waals surface area contributed by atoms with E-state index in [0.717, 1.165) is 44.9 Å². The summed E-state index contributed by atoms with van der Waals surface area (Å²) in [6.45, 7) is 3.79. The van der Waals surface area contributed by atoms with E-state index >= 15 is 0 Å². The van der Waals surface area contributed by atoms with Gasteiger partial charge >= 0.3 is 0 Å². The molecule has 140 valence electrons. The molecular weight excluding hydrogens is 348 g/mol. The molecule has 0 spiro atoms. The molecule has 6 heteroatoms. The topological polar surface area (TPSA) is 109 Å². The van der Waals surface area contributed by atoms with Gasteiger partial charge in [0, 0.05) is 11.1 Å². The third kappa shape index (κ3) is 3.67. The van der Waals surface area contributed by atoms with Gasteiger partial charge in [-0.1, -0.05) is 24.1 Å².